The van der Waals surface area contributed by atoms with Crippen LogP contribution in [0.5, 0.6) is 0 Å². The molecule has 0 atom stereocenters. The zero-order valence-electron chi connectivity index (χ0n) is 6.84. The molecule has 0 aliphatic carbocycles. The summed E-state index contributed by atoms with van der Waals surface area (Å²) >= 11 is 3.22. The van der Waals surface area contributed by atoms with Crippen molar-refractivity contribution >= 4 is 15.9 Å². The highest BCUT2D eigenvalue weighted by Crippen LogP contribution is 2.21. The van der Waals surface area contributed by atoms with Crippen molar-refractivity contribution in [2.75, 3.05) is 13.2 Å². The molecule has 1 fully saturated rings. The predicted molar refractivity (Wildman–Crippen MR) is 47.5 cm³/mol. The molecule has 0 aromatic carbocycles. The number of halogens is 1. The van der Waals surface area contributed by atoms with Gasteiger partial charge >= 0.3 is 0 Å². The van der Waals surface area contributed by atoms with Crippen LogP contribution >= 0.6 is 15.9 Å². The van der Waals surface area contributed by atoms with Crippen molar-refractivity contribution in [1.82, 2.24) is 0 Å². The van der Waals surface area contributed by atoms with E-state index in [-0.39, 0.29) is 0 Å². The first kappa shape index (κ1) is 9.23. The van der Waals surface area contributed by atoms with E-state index >= 15 is 0 Å². The Morgan fingerprint density at radius 2 is 1.91 bits per heavy atom. The summed E-state index contributed by atoms with van der Waals surface area (Å²) in [4.78, 5) is 1.85. The van der Waals surface area contributed by atoms with Crippen LogP contribution in [0.3, 0.4) is 0 Å². The Kier molecular flexibility index (Phi) is 3.10. The second-order valence-corrected chi connectivity index (χ2v) is 3.63. The Bertz CT molecular complexity index is 144. The van der Waals surface area contributed by atoms with Gasteiger partial charge in [-0.25, -0.2) is 0 Å². The quantitative estimate of drug-likeness (QED) is 0.676. The van der Waals surface area contributed by atoms with E-state index in [1.807, 2.05) is 24.9 Å². The zero-order chi connectivity index (χ0) is 8.32. The largest absolute Gasteiger partial charge is 0.350 e. The molecule has 0 spiro atoms. The van der Waals surface area contributed by atoms with Gasteiger partial charge in [0, 0.05) is 5.92 Å². The van der Waals surface area contributed by atoms with E-state index in [1.54, 1.807) is 0 Å². The average Bonchev–Trinajstić information content (AvgIpc) is 1.94. The van der Waals surface area contributed by atoms with Crippen molar-refractivity contribution in [3.8, 4) is 0 Å². The predicted octanol–water partition coefficient (Wildman–Crippen LogP) is 2.29. The van der Waals surface area contributed by atoms with Gasteiger partial charge in [-0.05, 0) is 18.8 Å². The molecule has 1 aliphatic rings. The fourth-order valence-electron chi connectivity index (χ4n) is 0.919. The van der Waals surface area contributed by atoms with Crippen LogP contribution in [-0.4, -0.2) is 19.0 Å². The van der Waals surface area contributed by atoms with Gasteiger partial charge in [0.1, 0.15) is 0 Å². The first-order valence-corrected chi connectivity index (χ1v) is 4.60. The molecular formula is C8H13BrO2. The average molecular weight is 221 g/mol. The molecule has 1 saturated heterocycles. The Morgan fingerprint density at radius 3 is 2.36 bits per heavy atom. The molecule has 0 aromatic rings. The lowest BCUT2D eigenvalue weighted by Crippen LogP contribution is -2.38. The highest BCUT2D eigenvalue weighted by Gasteiger charge is 2.26. The minimum Gasteiger partial charge on any atom is -0.350 e. The van der Waals surface area contributed by atoms with Crippen LogP contribution in [-0.2, 0) is 9.47 Å². The highest BCUT2D eigenvalue weighted by molar-refractivity contribution is 9.11. The van der Waals surface area contributed by atoms with Gasteiger partial charge in [-0.3, -0.25) is 0 Å². The molecule has 1 aliphatic heterocycles. The van der Waals surface area contributed by atoms with E-state index in [2.05, 4.69) is 15.9 Å². The van der Waals surface area contributed by atoms with Crippen LogP contribution in [0.15, 0.2) is 11.1 Å². The molecular weight excluding hydrogens is 208 g/mol. The summed E-state index contributed by atoms with van der Waals surface area (Å²) in [5.74, 6) is -0.00110. The zero-order valence-corrected chi connectivity index (χ0v) is 8.43. The summed E-state index contributed by atoms with van der Waals surface area (Å²) in [7, 11) is 0. The summed E-state index contributed by atoms with van der Waals surface area (Å²) in [6.07, 6.45) is 2.04. The SMILES string of the molecule is CC1(C)OCC(/C=C/Br)CO1. The number of hydrogen-bond acceptors (Lipinski definition) is 2. The van der Waals surface area contributed by atoms with Gasteiger partial charge in [0.15, 0.2) is 5.79 Å². The van der Waals surface area contributed by atoms with Crippen molar-refractivity contribution in [3.63, 3.8) is 0 Å². The van der Waals surface area contributed by atoms with Gasteiger partial charge in [-0.2, -0.15) is 0 Å². The lowest BCUT2D eigenvalue weighted by atomic mass is 10.1. The smallest absolute Gasteiger partial charge is 0.162 e. The fraction of sp³-hybridized carbons (Fsp3) is 0.750. The van der Waals surface area contributed by atoms with Gasteiger partial charge in [0.25, 0.3) is 0 Å². The van der Waals surface area contributed by atoms with Crippen molar-refractivity contribution in [2.24, 2.45) is 5.92 Å². The normalized spacial score (nSPS) is 26.1. The van der Waals surface area contributed by atoms with Gasteiger partial charge < -0.3 is 9.47 Å². The van der Waals surface area contributed by atoms with Crippen LogP contribution in [0.25, 0.3) is 0 Å². The van der Waals surface area contributed by atoms with E-state index in [4.69, 9.17) is 9.47 Å². The van der Waals surface area contributed by atoms with Crippen LogP contribution in [0, 0.1) is 5.92 Å². The summed E-state index contributed by atoms with van der Waals surface area (Å²) in [5, 5.41) is 0. The molecule has 0 unspecified atom stereocenters. The van der Waals surface area contributed by atoms with Gasteiger partial charge in [-0.1, -0.05) is 22.0 Å². The third kappa shape index (κ3) is 2.93. The van der Waals surface area contributed by atoms with Crippen LogP contribution < -0.4 is 0 Å². The van der Waals surface area contributed by atoms with Gasteiger partial charge in [0.2, 0.25) is 0 Å². The molecule has 0 radical (unpaired) electrons. The van der Waals surface area contributed by atoms with Crippen LogP contribution in [0.2, 0.25) is 0 Å². The monoisotopic (exact) mass is 220 g/mol. The minimum absolute atomic E-state index is 0.391. The molecule has 1 heterocycles. The first-order valence-electron chi connectivity index (χ1n) is 3.69. The lowest BCUT2D eigenvalue weighted by molar-refractivity contribution is -0.256. The summed E-state index contributed by atoms with van der Waals surface area (Å²) < 4.78 is 10.9. The molecule has 0 aromatic heterocycles. The Morgan fingerprint density at radius 1 is 1.36 bits per heavy atom. The highest BCUT2D eigenvalue weighted by atomic mass is 79.9. The second kappa shape index (κ2) is 3.70. The summed E-state index contributed by atoms with van der Waals surface area (Å²) in [5.41, 5.74) is 0. The maximum atomic E-state index is 5.44. The fourth-order valence-corrected chi connectivity index (χ4v) is 1.35. The molecule has 0 bridgehead atoms. The minimum atomic E-state index is -0.392. The maximum absolute atomic E-state index is 5.44. The molecule has 3 heteroatoms. The molecule has 2 nitrogen and oxygen atoms in total. The molecule has 0 N–H and O–H groups in total. The Labute approximate surface area is 75.7 Å². The first-order chi connectivity index (χ1) is 5.14. The third-order valence-electron chi connectivity index (χ3n) is 1.63. The molecule has 11 heavy (non-hydrogen) atoms. The van der Waals surface area contributed by atoms with Gasteiger partial charge in [-0.15, -0.1) is 0 Å². The molecule has 0 amide bonds. The van der Waals surface area contributed by atoms with E-state index < -0.39 is 5.79 Å². The van der Waals surface area contributed by atoms with Crippen molar-refractivity contribution < 1.29 is 9.47 Å². The van der Waals surface area contributed by atoms with Crippen molar-refractivity contribution in [1.29, 1.82) is 0 Å². The van der Waals surface area contributed by atoms with Crippen molar-refractivity contribution in [3.05, 3.63) is 11.1 Å². The maximum Gasteiger partial charge on any atom is 0.162 e. The van der Waals surface area contributed by atoms with E-state index in [0.717, 1.165) is 13.2 Å². The van der Waals surface area contributed by atoms with E-state index in [1.165, 1.54) is 0 Å². The number of hydrogen-bond donors (Lipinski definition) is 0. The topological polar surface area (TPSA) is 18.5 Å². The van der Waals surface area contributed by atoms with Crippen LogP contribution in [0.4, 0.5) is 0 Å². The Balaban J connectivity index is 2.36. The molecule has 0 saturated carbocycles. The summed E-state index contributed by atoms with van der Waals surface area (Å²) in [6.45, 7) is 5.35. The second-order valence-electron chi connectivity index (χ2n) is 3.10. The lowest BCUT2D eigenvalue weighted by Gasteiger charge is -2.33. The molecule has 64 valence electrons. The van der Waals surface area contributed by atoms with E-state index in [9.17, 15) is 0 Å². The van der Waals surface area contributed by atoms with Gasteiger partial charge in [0.05, 0.1) is 13.2 Å². The van der Waals surface area contributed by atoms with Crippen LogP contribution in [0.1, 0.15) is 13.8 Å². The number of rotatable bonds is 1. The summed E-state index contributed by atoms with van der Waals surface area (Å²) in [6, 6.07) is 0. The van der Waals surface area contributed by atoms with Crippen molar-refractivity contribution in [2.45, 2.75) is 19.6 Å². The Hall–Kier alpha value is 0.140. The molecule has 1 rings (SSSR count). The number of ether oxygens (including phenoxy) is 2. The van der Waals surface area contributed by atoms with E-state index in [0.29, 0.717) is 5.92 Å². The standard InChI is InChI=1S/C8H13BrO2/c1-8(2)10-5-7(3-4-9)6-11-8/h3-4,7H,5-6H2,1-2H3/b4-3+. The third-order valence-corrected chi connectivity index (χ3v) is 1.94.